The van der Waals surface area contributed by atoms with E-state index < -0.39 is 0 Å². The molecular formula is C14H16N2O. The predicted octanol–water partition coefficient (Wildman–Crippen LogP) is 2.27. The fraction of sp³-hybridized carbons (Fsp3) is 0.0714. The summed E-state index contributed by atoms with van der Waals surface area (Å²) in [4.78, 5) is 8.94. The second-order valence-corrected chi connectivity index (χ2v) is 3.52. The first-order valence-electron chi connectivity index (χ1n) is 5.30. The maximum Gasteiger partial charge on any atom is 0.221 e. The first-order chi connectivity index (χ1) is 8.27. The lowest BCUT2D eigenvalue weighted by atomic mass is 10.0. The zero-order chi connectivity index (χ0) is 12.5. The van der Waals surface area contributed by atoms with Gasteiger partial charge in [-0.05, 0) is 18.1 Å². The largest absolute Gasteiger partial charge is 0.297 e. The Kier molecular flexibility index (Phi) is 5.47. The molecular weight excluding hydrogens is 212 g/mol. The highest BCUT2D eigenvalue weighted by molar-refractivity contribution is 5.63. The summed E-state index contributed by atoms with van der Waals surface area (Å²) in [6.07, 6.45) is 0.403. The van der Waals surface area contributed by atoms with E-state index in [2.05, 4.69) is 61.3 Å². The van der Waals surface area contributed by atoms with Gasteiger partial charge in [-0.25, -0.2) is 5.84 Å². The minimum Gasteiger partial charge on any atom is -0.297 e. The van der Waals surface area contributed by atoms with E-state index in [4.69, 9.17) is 4.79 Å². The van der Waals surface area contributed by atoms with Crippen LogP contribution in [0.4, 0.5) is 0 Å². The van der Waals surface area contributed by atoms with E-state index in [0.717, 1.165) is 0 Å². The van der Waals surface area contributed by atoms with Gasteiger partial charge in [-0.15, -0.1) is 0 Å². The van der Waals surface area contributed by atoms with Crippen LogP contribution in [0.2, 0.25) is 0 Å². The third-order valence-electron chi connectivity index (χ3n) is 2.19. The molecule has 0 aliphatic carbocycles. The van der Waals surface area contributed by atoms with Gasteiger partial charge in [0.2, 0.25) is 6.41 Å². The molecule has 3 heteroatoms. The van der Waals surface area contributed by atoms with Crippen molar-refractivity contribution in [2.24, 2.45) is 5.84 Å². The Bertz CT molecular complexity index is 455. The van der Waals surface area contributed by atoms with Gasteiger partial charge in [0.15, 0.2) is 0 Å². The van der Waals surface area contributed by atoms with E-state index in [1.807, 2.05) is 6.07 Å². The summed E-state index contributed by atoms with van der Waals surface area (Å²) >= 11 is 0. The van der Waals surface area contributed by atoms with E-state index in [-0.39, 0.29) is 0 Å². The lowest BCUT2D eigenvalue weighted by molar-refractivity contribution is -0.109. The Hall–Kier alpha value is -2.13. The average molecular weight is 228 g/mol. The minimum absolute atomic E-state index is 0.403. The van der Waals surface area contributed by atoms with Crippen LogP contribution >= 0.6 is 0 Å². The highest BCUT2D eigenvalue weighted by atomic mass is 16.1. The zero-order valence-electron chi connectivity index (χ0n) is 9.76. The Balaban J connectivity index is 0.000000317. The smallest absolute Gasteiger partial charge is 0.221 e. The van der Waals surface area contributed by atoms with E-state index in [1.54, 1.807) is 5.43 Å². The van der Waals surface area contributed by atoms with E-state index in [9.17, 15) is 0 Å². The van der Waals surface area contributed by atoms with Gasteiger partial charge >= 0.3 is 0 Å². The van der Waals surface area contributed by atoms with Crippen LogP contribution in [0.1, 0.15) is 5.56 Å². The van der Waals surface area contributed by atoms with Crippen LogP contribution in [0.15, 0.2) is 54.6 Å². The number of carbonyl (C=O) groups is 1. The van der Waals surface area contributed by atoms with Gasteiger partial charge in [0.1, 0.15) is 0 Å². The highest BCUT2D eigenvalue weighted by Gasteiger charge is 1.94. The van der Waals surface area contributed by atoms with Crippen molar-refractivity contribution in [2.45, 2.75) is 6.92 Å². The summed E-state index contributed by atoms with van der Waals surface area (Å²) in [5.74, 6) is 4.41. The monoisotopic (exact) mass is 228 g/mol. The van der Waals surface area contributed by atoms with Crippen molar-refractivity contribution in [2.75, 3.05) is 0 Å². The first kappa shape index (κ1) is 12.9. The van der Waals surface area contributed by atoms with Crippen LogP contribution < -0.4 is 11.3 Å². The van der Waals surface area contributed by atoms with Crippen molar-refractivity contribution >= 4 is 6.41 Å². The molecule has 0 spiro atoms. The molecule has 2 rings (SSSR count). The molecule has 2 aromatic carbocycles. The number of hydrogen-bond acceptors (Lipinski definition) is 2. The Morgan fingerprint density at radius 1 is 1.00 bits per heavy atom. The number of amides is 1. The van der Waals surface area contributed by atoms with Crippen LogP contribution in [0.3, 0.4) is 0 Å². The molecule has 3 N–H and O–H groups in total. The van der Waals surface area contributed by atoms with Gasteiger partial charge in [-0.1, -0.05) is 60.2 Å². The second kappa shape index (κ2) is 7.19. The molecule has 0 aliphatic rings. The molecule has 3 nitrogen and oxygen atoms in total. The van der Waals surface area contributed by atoms with Crippen molar-refractivity contribution in [3.05, 3.63) is 60.2 Å². The summed E-state index contributed by atoms with van der Waals surface area (Å²) in [6, 6.07) is 19.0. The van der Waals surface area contributed by atoms with Crippen molar-refractivity contribution in [3.63, 3.8) is 0 Å². The van der Waals surface area contributed by atoms with Crippen LogP contribution in [0, 0.1) is 6.92 Å². The SMILES string of the molecule is Cc1cccc(-c2ccccc2)c1.NNC=O. The Labute approximate surface area is 101 Å². The standard InChI is InChI=1S/C13H12.CH4N2O/c1-11-6-5-9-13(10-11)12-7-3-2-4-8-12;2-3-1-4/h2-10H,1H3;1H,2H2,(H,3,4). The maximum absolute atomic E-state index is 8.94. The molecule has 88 valence electrons. The molecule has 0 aromatic heterocycles. The molecule has 0 heterocycles. The van der Waals surface area contributed by atoms with Crippen molar-refractivity contribution < 1.29 is 4.79 Å². The predicted molar refractivity (Wildman–Crippen MR) is 70.0 cm³/mol. The number of benzene rings is 2. The topological polar surface area (TPSA) is 55.1 Å². The Morgan fingerprint density at radius 3 is 2.12 bits per heavy atom. The van der Waals surface area contributed by atoms with Crippen LogP contribution in [-0.4, -0.2) is 6.41 Å². The number of aryl methyl sites for hydroxylation is 1. The minimum atomic E-state index is 0.403. The van der Waals surface area contributed by atoms with Gasteiger partial charge in [0.05, 0.1) is 0 Å². The molecule has 0 saturated heterocycles. The number of rotatable bonds is 2. The lowest BCUT2D eigenvalue weighted by Gasteiger charge is -2.01. The third-order valence-corrected chi connectivity index (χ3v) is 2.19. The maximum atomic E-state index is 8.94. The molecule has 0 saturated carbocycles. The first-order valence-corrected chi connectivity index (χ1v) is 5.30. The van der Waals surface area contributed by atoms with Gasteiger partial charge in [-0.3, -0.25) is 10.2 Å². The third kappa shape index (κ3) is 4.49. The van der Waals surface area contributed by atoms with Gasteiger partial charge in [-0.2, -0.15) is 0 Å². The summed E-state index contributed by atoms with van der Waals surface area (Å²) < 4.78 is 0. The van der Waals surface area contributed by atoms with Crippen molar-refractivity contribution in [3.8, 4) is 11.1 Å². The molecule has 0 bridgehead atoms. The summed E-state index contributed by atoms with van der Waals surface area (Å²) in [6.45, 7) is 2.12. The van der Waals surface area contributed by atoms with Crippen LogP contribution in [-0.2, 0) is 4.79 Å². The van der Waals surface area contributed by atoms with Gasteiger partial charge in [0.25, 0.3) is 0 Å². The number of nitrogens with two attached hydrogens (primary N) is 1. The fourth-order valence-corrected chi connectivity index (χ4v) is 1.46. The van der Waals surface area contributed by atoms with Crippen molar-refractivity contribution in [1.82, 2.24) is 5.43 Å². The molecule has 0 radical (unpaired) electrons. The van der Waals surface area contributed by atoms with Gasteiger partial charge in [0, 0.05) is 0 Å². The van der Waals surface area contributed by atoms with E-state index in [1.165, 1.54) is 16.7 Å². The number of hydrogen-bond donors (Lipinski definition) is 2. The molecule has 0 aliphatic heterocycles. The zero-order valence-corrected chi connectivity index (χ0v) is 9.76. The summed E-state index contributed by atoms with van der Waals surface area (Å²) in [5, 5.41) is 0. The Morgan fingerprint density at radius 2 is 1.59 bits per heavy atom. The molecule has 17 heavy (non-hydrogen) atoms. The van der Waals surface area contributed by atoms with Crippen molar-refractivity contribution in [1.29, 1.82) is 0 Å². The molecule has 1 amide bonds. The van der Waals surface area contributed by atoms with Gasteiger partial charge < -0.3 is 0 Å². The molecule has 2 aromatic rings. The lowest BCUT2D eigenvalue weighted by Crippen LogP contribution is -2.18. The summed E-state index contributed by atoms with van der Waals surface area (Å²) in [7, 11) is 0. The average Bonchev–Trinajstić information content (AvgIpc) is 2.40. The fourth-order valence-electron chi connectivity index (χ4n) is 1.46. The molecule has 0 fully saturated rings. The van der Waals surface area contributed by atoms with E-state index in [0.29, 0.717) is 6.41 Å². The van der Waals surface area contributed by atoms with Crippen LogP contribution in [0.5, 0.6) is 0 Å². The summed E-state index contributed by atoms with van der Waals surface area (Å²) in [5.41, 5.74) is 5.63. The van der Waals surface area contributed by atoms with Crippen LogP contribution in [0.25, 0.3) is 11.1 Å². The number of hydrazine groups is 1. The molecule has 0 unspecified atom stereocenters. The normalized spacial score (nSPS) is 8.82. The highest BCUT2D eigenvalue weighted by Crippen LogP contribution is 2.19. The second-order valence-electron chi connectivity index (χ2n) is 3.52. The quantitative estimate of drug-likeness (QED) is 0.358. The molecule has 0 atom stereocenters. The number of carbonyl (C=O) groups excluding carboxylic acids is 1. The number of nitrogens with one attached hydrogen (secondary N) is 1. The van der Waals surface area contributed by atoms with E-state index >= 15 is 0 Å².